The number of amides is 1. The van der Waals surface area contributed by atoms with E-state index in [-0.39, 0.29) is 5.56 Å². The molecule has 1 heterocycles. The van der Waals surface area contributed by atoms with Gasteiger partial charge in [-0.25, -0.2) is 4.98 Å². The first kappa shape index (κ1) is 16.0. The van der Waals surface area contributed by atoms with Crippen LogP contribution in [-0.2, 0) is 0 Å². The van der Waals surface area contributed by atoms with Gasteiger partial charge in [0.2, 0.25) is 0 Å². The van der Waals surface area contributed by atoms with E-state index in [2.05, 4.69) is 15.3 Å². The third-order valence-electron chi connectivity index (χ3n) is 3.61. The van der Waals surface area contributed by atoms with Crippen LogP contribution in [0, 0.1) is 6.92 Å². The minimum Gasteiger partial charge on any atom is -0.321 e. The Morgan fingerprint density at radius 3 is 2.58 bits per heavy atom. The number of carbonyl (C=O) groups is 1. The van der Waals surface area contributed by atoms with Crippen molar-refractivity contribution in [1.29, 1.82) is 0 Å². The van der Waals surface area contributed by atoms with Crippen LogP contribution in [0.5, 0.6) is 0 Å². The molecule has 1 amide bonds. The van der Waals surface area contributed by atoms with Crippen molar-refractivity contribution in [2.24, 2.45) is 0 Å². The Labute approximate surface area is 143 Å². The van der Waals surface area contributed by atoms with Crippen LogP contribution in [0.3, 0.4) is 0 Å². The van der Waals surface area contributed by atoms with Gasteiger partial charge in [0.1, 0.15) is 11.4 Å². The van der Waals surface area contributed by atoms with Crippen LogP contribution in [0.2, 0.25) is 5.02 Å². The topological polar surface area (TPSA) is 74.8 Å². The number of nitrogens with one attached hydrogen (secondary N) is 2. The van der Waals surface area contributed by atoms with Crippen molar-refractivity contribution in [3.63, 3.8) is 0 Å². The molecule has 0 aliphatic carbocycles. The lowest BCUT2D eigenvalue weighted by Gasteiger charge is -2.09. The SMILES string of the molecule is Cc1c(Cl)cccc1NC(=O)c1cnc(-c2ccccc2)[nH]c1=O. The molecule has 0 unspecified atom stereocenters. The number of H-pyrrole nitrogens is 1. The molecule has 120 valence electrons. The molecule has 3 rings (SSSR count). The quantitative estimate of drug-likeness (QED) is 0.764. The summed E-state index contributed by atoms with van der Waals surface area (Å²) in [6, 6.07) is 14.4. The van der Waals surface area contributed by atoms with Gasteiger partial charge in [-0.15, -0.1) is 0 Å². The summed E-state index contributed by atoms with van der Waals surface area (Å²) in [5.41, 5.74) is 1.50. The number of rotatable bonds is 3. The van der Waals surface area contributed by atoms with E-state index in [1.807, 2.05) is 30.3 Å². The number of anilines is 1. The van der Waals surface area contributed by atoms with E-state index >= 15 is 0 Å². The third-order valence-corrected chi connectivity index (χ3v) is 4.02. The zero-order chi connectivity index (χ0) is 17.1. The summed E-state index contributed by atoms with van der Waals surface area (Å²) in [4.78, 5) is 31.3. The predicted octanol–water partition coefficient (Wildman–Crippen LogP) is 3.65. The molecule has 0 aliphatic heterocycles. The van der Waals surface area contributed by atoms with E-state index in [0.717, 1.165) is 11.1 Å². The number of halogens is 1. The largest absolute Gasteiger partial charge is 0.321 e. The smallest absolute Gasteiger partial charge is 0.264 e. The lowest BCUT2D eigenvalue weighted by Crippen LogP contribution is -2.24. The standard InChI is InChI=1S/C18H14ClN3O2/c1-11-14(19)8-5-9-15(11)21-17(23)13-10-20-16(22-18(13)24)12-6-3-2-4-7-12/h2-10H,1H3,(H,21,23)(H,20,22,24). The summed E-state index contributed by atoms with van der Waals surface area (Å²) in [6.07, 6.45) is 1.27. The van der Waals surface area contributed by atoms with Crippen molar-refractivity contribution in [2.75, 3.05) is 5.32 Å². The highest BCUT2D eigenvalue weighted by molar-refractivity contribution is 6.31. The van der Waals surface area contributed by atoms with Crippen LogP contribution < -0.4 is 10.9 Å². The number of nitrogens with zero attached hydrogens (tertiary/aromatic N) is 1. The van der Waals surface area contributed by atoms with Gasteiger partial charge in [-0.2, -0.15) is 0 Å². The number of carbonyl (C=O) groups excluding carboxylic acids is 1. The van der Waals surface area contributed by atoms with E-state index in [1.165, 1.54) is 6.20 Å². The minimum atomic E-state index is -0.534. The first-order chi connectivity index (χ1) is 11.6. The fourth-order valence-corrected chi connectivity index (χ4v) is 2.41. The monoisotopic (exact) mass is 339 g/mol. The van der Waals surface area contributed by atoms with Crippen molar-refractivity contribution >= 4 is 23.2 Å². The lowest BCUT2D eigenvalue weighted by molar-refractivity contribution is 0.102. The van der Waals surface area contributed by atoms with Gasteiger partial charge in [-0.3, -0.25) is 9.59 Å². The third kappa shape index (κ3) is 3.21. The Morgan fingerprint density at radius 1 is 1.12 bits per heavy atom. The van der Waals surface area contributed by atoms with Gasteiger partial charge in [-0.05, 0) is 24.6 Å². The van der Waals surface area contributed by atoms with Crippen LogP contribution in [-0.4, -0.2) is 15.9 Å². The number of aromatic nitrogens is 2. The van der Waals surface area contributed by atoms with E-state index in [9.17, 15) is 9.59 Å². The average Bonchev–Trinajstić information content (AvgIpc) is 2.59. The van der Waals surface area contributed by atoms with Crippen molar-refractivity contribution < 1.29 is 4.79 Å². The molecule has 2 aromatic carbocycles. The molecule has 0 saturated heterocycles. The molecule has 0 saturated carbocycles. The van der Waals surface area contributed by atoms with Gasteiger partial charge in [0.25, 0.3) is 11.5 Å². The maximum absolute atomic E-state index is 12.3. The van der Waals surface area contributed by atoms with Crippen molar-refractivity contribution in [1.82, 2.24) is 9.97 Å². The molecular formula is C18H14ClN3O2. The minimum absolute atomic E-state index is 0.0611. The maximum Gasteiger partial charge on any atom is 0.264 e. The average molecular weight is 340 g/mol. The molecule has 5 nitrogen and oxygen atoms in total. The molecule has 2 N–H and O–H groups in total. The van der Waals surface area contributed by atoms with Crippen molar-refractivity contribution in [3.8, 4) is 11.4 Å². The Kier molecular flexibility index (Phi) is 4.44. The summed E-state index contributed by atoms with van der Waals surface area (Å²) < 4.78 is 0. The van der Waals surface area contributed by atoms with Crippen LogP contribution in [0.4, 0.5) is 5.69 Å². The van der Waals surface area contributed by atoms with Crippen LogP contribution in [0.15, 0.2) is 59.5 Å². The molecule has 3 aromatic rings. The Bertz CT molecular complexity index is 952. The van der Waals surface area contributed by atoms with Crippen LogP contribution >= 0.6 is 11.6 Å². The Balaban J connectivity index is 1.88. The first-order valence-corrected chi connectivity index (χ1v) is 7.65. The highest BCUT2D eigenvalue weighted by Gasteiger charge is 2.14. The zero-order valence-electron chi connectivity index (χ0n) is 12.8. The van der Waals surface area contributed by atoms with Gasteiger partial charge in [-0.1, -0.05) is 48.0 Å². The lowest BCUT2D eigenvalue weighted by atomic mass is 10.2. The van der Waals surface area contributed by atoms with Crippen LogP contribution in [0.1, 0.15) is 15.9 Å². The van der Waals surface area contributed by atoms with E-state index in [4.69, 9.17) is 11.6 Å². The molecule has 1 aromatic heterocycles. The van der Waals surface area contributed by atoms with Gasteiger partial charge < -0.3 is 10.3 Å². The summed E-state index contributed by atoms with van der Waals surface area (Å²) in [6.45, 7) is 1.79. The van der Waals surface area contributed by atoms with Crippen molar-refractivity contribution in [3.05, 3.63) is 81.2 Å². The van der Waals surface area contributed by atoms with Gasteiger partial charge in [0.15, 0.2) is 0 Å². The summed E-state index contributed by atoms with van der Waals surface area (Å²) in [7, 11) is 0. The molecule has 24 heavy (non-hydrogen) atoms. The second kappa shape index (κ2) is 6.68. The Morgan fingerprint density at radius 2 is 1.88 bits per heavy atom. The summed E-state index contributed by atoms with van der Waals surface area (Å²) in [5, 5.41) is 3.22. The summed E-state index contributed by atoms with van der Waals surface area (Å²) in [5.74, 6) is -0.121. The maximum atomic E-state index is 12.3. The number of hydrogen-bond donors (Lipinski definition) is 2. The molecule has 0 atom stereocenters. The second-order valence-corrected chi connectivity index (χ2v) is 5.61. The number of hydrogen-bond acceptors (Lipinski definition) is 3. The van der Waals surface area contributed by atoms with Crippen LogP contribution in [0.25, 0.3) is 11.4 Å². The fourth-order valence-electron chi connectivity index (χ4n) is 2.23. The highest BCUT2D eigenvalue weighted by atomic mass is 35.5. The number of aromatic amines is 1. The fraction of sp³-hybridized carbons (Fsp3) is 0.0556. The molecule has 0 bridgehead atoms. The second-order valence-electron chi connectivity index (χ2n) is 5.21. The molecule has 6 heteroatoms. The Hall–Kier alpha value is -2.92. The van der Waals surface area contributed by atoms with Gasteiger partial charge in [0, 0.05) is 22.5 Å². The van der Waals surface area contributed by atoms with Gasteiger partial charge >= 0.3 is 0 Å². The molecule has 0 radical (unpaired) electrons. The number of benzene rings is 2. The van der Waals surface area contributed by atoms with E-state index in [1.54, 1.807) is 25.1 Å². The van der Waals surface area contributed by atoms with E-state index in [0.29, 0.717) is 16.5 Å². The zero-order valence-corrected chi connectivity index (χ0v) is 13.6. The van der Waals surface area contributed by atoms with Crippen molar-refractivity contribution in [2.45, 2.75) is 6.92 Å². The summed E-state index contributed by atoms with van der Waals surface area (Å²) >= 11 is 6.03. The molecular weight excluding hydrogens is 326 g/mol. The normalized spacial score (nSPS) is 10.4. The van der Waals surface area contributed by atoms with Gasteiger partial charge in [0.05, 0.1) is 0 Å². The highest BCUT2D eigenvalue weighted by Crippen LogP contribution is 2.23. The molecule has 0 fully saturated rings. The predicted molar refractivity (Wildman–Crippen MR) is 94.4 cm³/mol. The first-order valence-electron chi connectivity index (χ1n) is 7.27. The molecule has 0 aliphatic rings. The van der Waals surface area contributed by atoms with E-state index < -0.39 is 11.5 Å². The molecule has 0 spiro atoms.